The molecule has 0 spiro atoms. The predicted molar refractivity (Wildman–Crippen MR) is 110 cm³/mol. The van der Waals surface area contributed by atoms with Crippen molar-refractivity contribution in [2.24, 2.45) is 0 Å². The van der Waals surface area contributed by atoms with Gasteiger partial charge in [-0.05, 0) is 42.5 Å². The molecule has 8 heteroatoms. The second-order valence-electron chi connectivity index (χ2n) is 6.33. The van der Waals surface area contributed by atoms with E-state index in [-0.39, 0.29) is 11.7 Å². The van der Waals surface area contributed by atoms with Crippen molar-refractivity contribution in [3.63, 3.8) is 0 Å². The van der Waals surface area contributed by atoms with Crippen LogP contribution in [0.3, 0.4) is 0 Å². The van der Waals surface area contributed by atoms with E-state index in [1.807, 2.05) is 12.1 Å². The molecule has 0 bridgehead atoms. The first kappa shape index (κ1) is 18.2. The molecular weight excluding hydrogens is 370 g/mol. The fourth-order valence-electron chi connectivity index (χ4n) is 2.98. The largest absolute Gasteiger partial charge is 0.476 e. The number of anilines is 2. The fourth-order valence-corrected chi connectivity index (χ4v) is 2.98. The van der Waals surface area contributed by atoms with E-state index in [0.717, 1.165) is 0 Å². The number of aromatic nitrogens is 3. The topological polar surface area (TPSA) is 100 Å². The van der Waals surface area contributed by atoms with Crippen molar-refractivity contribution < 1.29 is 14.7 Å². The highest BCUT2D eigenvalue weighted by atomic mass is 16.4. The molecule has 4 rings (SSSR count). The number of urea groups is 1. The van der Waals surface area contributed by atoms with Crippen LogP contribution in [0.25, 0.3) is 16.6 Å². The van der Waals surface area contributed by atoms with Gasteiger partial charge in [-0.1, -0.05) is 18.2 Å². The molecule has 2 heterocycles. The second kappa shape index (κ2) is 7.43. The van der Waals surface area contributed by atoms with E-state index in [0.29, 0.717) is 28.0 Å². The number of fused-ring (bicyclic) bond motifs is 1. The van der Waals surface area contributed by atoms with Crippen molar-refractivity contribution in [1.82, 2.24) is 14.8 Å². The zero-order chi connectivity index (χ0) is 20.4. The van der Waals surface area contributed by atoms with E-state index in [1.54, 1.807) is 72.7 Å². The number of nitrogens with one attached hydrogen (secondary N) is 1. The lowest BCUT2D eigenvalue weighted by atomic mass is 10.2. The summed E-state index contributed by atoms with van der Waals surface area (Å²) in [6.07, 6.45) is 3.24. The minimum Gasteiger partial charge on any atom is -0.476 e. The summed E-state index contributed by atoms with van der Waals surface area (Å²) in [6.45, 7) is 0. The molecule has 0 aliphatic heterocycles. The average molecular weight is 387 g/mol. The number of carbonyl (C=O) groups is 2. The molecule has 2 amide bonds. The van der Waals surface area contributed by atoms with Gasteiger partial charge < -0.3 is 10.4 Å². The molecule has 0 saturated heterocycles. The molecule has 2 N–H and O–H groups in total. The van der Waals surface area contributed by atoms with Crippen molar-refractivity contribution in [2.75, 3.05) is 17.3 Å². The number of pyridine rings is 1. The summed E-state index contributed by atoms with van der Waals surface area (Å²) in [5, 5.41) is 17.0. The van der Waals surface area contributed by atoms with Crippen LogP contribution >= 0.6 is 0 Å². The fraction of sp³-hybridized carbons (Fsp3) is 0.0476. The summed E-state index contributed by atoms with van der Waals surface area (Å²) in [6, 6.07) is 17.4. The van der Waals surface area contributed by atoms with Gasteiger partial charge in [0, 0.05) is 24.3 Å². The van der Waals surface area contributed by atoms with E-state index in [1.165, 1.54) is 4.90 Å². The van der Waals surface area contributed by atoms with Gasteiger partial charge in [0.15, 0.2) is 5.69 Å². The molecule has 2 aromatic heterocycles. The lowest BCUT2D eigenvalue weighted by molar-refractivity contribution is 0.0692. The molecule has 0 fully saturated rings. The molecule has 0 atom stereocenters. The van der Waals surface area contributed by atoms with E-state index >= 15 is 0 Å². The van der Waals surface area contributed by atoms with Crippen LogP contribution < -0.4 is 10.2 Å². The SMILES string of the molecule is CN(C(=O)Nc1ccc(-n2nc(C(=O)O)c3ccccc32)cc1)c1cccnc1. The Labute approximate surface area is 166 Å². The first-order chi connectivity index (χ1) is 14.0. The number of hydrogen-bond donors (Lipinski definition) is 2. The van der Waals surface area contributed by atoms with Crippen LogP contribution in [0.15, 0.2) is 73.1 Å². The lowest BCUT2D eigenvalue weighted by Crippen LogP contribution is -2.31. The molecule has 4 aromatic rings. The molecule has 8 nitrogen and oxygen atoms in total. The molecular formula is C21H17N5O3. The number of nitrogens with zero attached hydrogens (tertiary/aromatic N) is 4. The average Bonchev–Trinajstić information content (AvgIpc) is 3.14. The monoisotopic (exact) mass is 387 g/mol. The first-order valence-corrected chi connectivity index (χ1v) is 8.81. The highest BCUT2D eigenvalue weighted by Gasteiger charge is 2.17. The maximum absolute atomic E-state index is 12.4. The van der Waals surface area contributed by atoms with Gasteiger partial charge in [-0.15, -0.1) is 0 Å². The summed E-state index contributed by atoms with van der Waals surface area (Å²) in [4.78, 5) is 29.4. The van der Waals surface area contributed by atoms with Gasteiger partial charge in [0.25, 0.3) is 0 Å². The quantitative estimate of drug-likeness (QED) is 0.555. The van der Waals surface area contributed by atoms with E-state index in [2.05, 4.69) is 15.4 Å². The van der Waals surface area contributed by atoms with Gasteiger partial charge in [-0.2, -0.15) is 5.10 Å². The van der Waals surface area contributed by atoms with Gasteiger partial charge >= 0.3 is 12.0 Å². The maximum Gasteiger partial charge on any atom is 0.357 e. The van der Waals surface area contributed by atoms with Gasteiger partial charge in [-0.25, -0.2) is 14.3 Å². The highest BCUT2D eigenvalue weighted by Crippen LogP contribution is 2.23. The maximum atomic E-state index is 12.4. The van der Waals surface area contributed by atoms with Gasteiger partial charge in [-0.3, -0.25) is 9.88 Å². The zero-order valence-corrected chi connectivity index (χ0v) is 15.5. The molecule has 0 aliphatic carbocycles. The summed E-state index contributed by atoms with van der Waals surface area (Å²) in [5.74, 6) is -1.08. The summed E-state index contributed by atoms with van der Waals surface area (Å²) in [7, 11) is 1.66. The molecule has 0 aliphatic rings. The Balaban J connectivity index is 1.58. The van der Waals surface area contributed by atoms with Crippen LogP contribution in [0, 0.1) is 0 Å². The number of amides is 2. The number of rotatable bonds is 4. The number of benzene rings is 2. The van der Waals surface area contributed by atoms with E-state index in [9.17, 15) is 14.7 Å². The number of aromatic carboxylic acids is 1. The summed E-state index contributed by atoms with van der Waals surface area (Å²) in [5.41, 5.74) is 2.65. The Bertz CT molecular complexity index is 1190. The number of carboxylic acid groups (broad SMARTS) is 1. The predicted octanol–water partition coefficient (Wildman–Crippen LogP) is 3.79. The molecule has 144 valence electrons. The normalized spacial score (nSPS) is 10.7. The summed E-state index contributed by atoms with van der Waals surface area (Å²) < 4.78 is 1.58. The Morgan fingerprint density at radius 3 is 2.48 bits per heavy atom. The van der Waals surface area contributed by atoms with Crippen molar-refractivity contribution in [2.45, 2.75) is 0 Å². The molecule has 29 heavy (non-hydrogen) atoms. The lowest BCUT2D eigenvalue weighted by Gasteiger charge is -2.17. The molecule has 0 unspecified atom stereocenters. The van der Waals surface area contributed by atoms with Gasteiger partial charge in [0.05, 0.1) is 23.1 Å². The van der Waals surface area contributed by atoms with Crippen molar-refractivity contribution >= 4 is 34.3 Å². The van der Waals surface area contributed by atoms with E-state index < -0.39 is 5.97 Å². The van der Waals surface area contributed by atoms with E-state index in [4.69, 9.17) is 0 Å². The standard InChI is InChI=1S/C21H17N5O3/c1-25(16-5-4-12-22-13-16)21(29)23-14-8-10-15(11-9-14)26-18-7-3-2-6-17(18)19(24-26)20(27)28/h2-13H,1H3,(H,23,29)(H,27,28). The third-order valence-electron chi connectivity index (χ3n) is 4.49. The van der Waals surface area contributed by atoms with Crippen molar-refractivity contribution in [3.05, 3.63) is 78.8 Å². The van der Waals surface area contributed by atoms with Crippen molar-refractivity contribution in [1.29, 1.82) is 0 Å². The first-order valence-electron chi connectivity index (χ1n) is 8.81. The van der Waals surface area contributed by atoms with Crippen LogP contribution in [0.1, 0.15) is 10.5 Å². The third-order valence-corrected chi connectivity index (χ3v) is 4.49. The number of carboxylic acids is 1. The van der Waals surface area contributed by atoms with Gasteiger partial charge in [0.2, 0.25) is 0 Å². The molecule has 2 aromatic carbocycles. The minimum atomic E-state index is -1.08. The van der Waals surface area contributed by atoms with Crippen molar-refractivity contribution in [3.8, 4) is 5.69 Å². The Morgan fingerprint density at radius 2 is 1.79 bits per heavy atom. The van der Waals surface area contributed by atoms with Crippen LogP contribution in [0.2, 0.25) is 0 Å². The Hall–Kier alpha value is -4.20. The Morgan fingerprint density at radius 1 is 1.03 bits per heavy atom. The number of para-hydroxylation sites is 1. The minimum absolute atomic E-state index is 0.00363. The Kier molecular flexibility index (Phi) is 4.66. The smallest absolute Gasteiger partial charge is 0.357 e. The molecule has 0 saturated carbocycles. The van der Waals surface area contributed by atoms with Gasteiger partial charge in [0.1, 0.15) is 0 Å². The highest BCUT2D eigenvalue weighted by molar-refractivity contribution is 6.02. The van der Waals surface area contributed by atoms with Crippen LogP contribution in [0.4, 0.5) is 16.2 Å². The van der Waals surface area contributed by atoms with Crippen LogP contribution in [-0.4, -0.2) is 38.9 Å². The second-order valence-corrected chi connectivity index (χ2v) is 6.33. The summed E-state index contributed by atoms with van der Waals surface area (Å²) >= 11 is 0. The third kappa shape index (κ3) is 3.51. The number of carbonyl (C=O) groups excluding carboxylic acids is 1. The van der Waals surface area contributed by atoms with Crippen LogP contribution in [-0.2, 0) is 0 Å². The number of hydrogen-bond acceptors (Lipinski definition) is 4. The van der Waals surface area contributed by atoms with Crippen LogP contribution in [0.5, 0.6) is 0 Å². The zero-order valence-electron chi connectivity index (χ0n) is 15.5. The molecule has 0 radical (unpaired) electrons.